The van der Waals surface area contributed by atoms with Crippen LogP contribution in [0.2, 0.25) is 0 Å². The molecule has 3 heteroatoms. The number of benzene rings is 1. The van der Waals surface area contributed by atoms with Crippen molar-refractivity contribution in [3.63, 3.8) is 0 Å². The van der Waals surface area contributed by atoms with Crippen molar-refractivity contribution < 1.29 is 0 Å². The van der Waals surface area contributed by atoms with Crippen LogP contribution in [0.1, 0.15) is 58.1 Å². The fourth-order valence-electron chi connectivity index (χ4n) is 2.76. The third-order valence-corrected chi connectivity index (χ3v) is 4.51. The molecule has 1 aromatic carbocycles. The predicted octanol–water partition coefficient (Wildman–Crippen LogP) is 4.89. The summed E-state index contributed by atoms with van der Waals surface area (Å²) in [5.41, 5.74) is 2.85. The molecule has 1 unspecified atom stereocenters. The van der Waals surface area contributed by atoms with Crippen molar-refractivity contribution in [2.45, 2.75) is 58.5 Å². The maximum atomic E-state index is 3.64. The first kappa shape index (κ1) is 15.8. The van der Waals surface area contributed by atoms with Crippen LogP contribution in [0, 0.1) is 0 Å². The Morgan fingerprint density at radius 3 is 2.70 bits per heavy atom. The highest BCUT2D eigenvalue weighted by Gasteiger charge is 2.30. The first-order valence-electron chi connectivity index (χ1n) is 7.96. The number of hydrogen-bond donors (Lipinski definition) is 1. The molecule has 2 nitrogen and oxygen atoms in total. The van der Waals surface area contributed by atoms with E-state index in [1.807, 2.05) is 0 Å². The first-order chi connectivity index (χ1) is 9.67. The van der Waals surface area contributed by atoms with E-state index in [0.29, 0.717) is 6.04 Å². The normalized spacial score (nSPS) is 16.2. The van der Waals surface area contributed by atoms with Gasteiger partial charge in [0.15, 0.2) is 0 Å². The van der Waals surface area contributed by atoms with Gasteiger partial charge in [-0.2, -0.15) is 0 Å². The molecule has 0 spiro atoms. The van der Waals surface area contributed by atoms with Crippen LogP contribution in [0.25, 0.3) is 0 Å². The fraction of sp³-hybridized carbons (Fsp3) is 0.647. The predicted molar refractivity (Wildman–Crippen MR) is 91.5 cm³/mol. The van der Waals surface area contributed by atoms with Gasteiger partial charge in [-0.05, 0) is 50.4 Å². The van der Waals surface area contributed by atoms with Crippen molar-refractivity contribution in [3.8, 4) is 0 Å². The van der Waals surface area contributed by atoms with Crippen LogP contribution in [0.4, 0.5) is 5.69 Å². The van der Waals surface area contributed by atoms with E-state index in [1.165, 1.54) is 48.0 Å². The summed E-state index contributed by atoms with van der Waals surface area (Å²) in [5, 5.41) is 3.55. The molecule has 1 saturated carbocycles. The summed E-state index contributed by atoms with van der Waals surface area (Å²) >= 11 is 3.64. The molecular formula is C17H27BrN2. The second kappa shape index (κ2) is 7.46. The van der Waals surface area contributed by atoms with Gasteiger partial charge in [-0.3, -0.25) is 0 Å². The highest BCUT2D eigenvalue weighted by molar-refractivity contribution is 9.10. The first-order valence-corrected chi connectivity index (χ1v) is 8.76. The topological polar surface area (TPSA) is 15.3 Å². The van der Waals surface area contributed by atoms with Crippen LogP contribution < -0.4 is 10.2 Å². The lowest BCUT2D eigenvalue weighted by atomic mass is 10.0. The van der Waals surface area contributed by atoms with E-state index in [-0.39, 0.29) is 0 Å². The van der Waals surface area contributed by atoms with Crippen LogP contribution >= 0.6 is 15.9 Å². The standard InChI is InChI=1S/C17H27BrN2/c1-4-6-11-20(15-8-9-15)17-12-14(18)7-10-16(17)13(3)19-5-2/h7,10,12-13,15,19H,4-6,8-9,11H2,1-3H3. The molecule has 1 aromatic rings. The smallest absolute Gasteiger partial charge is 0.0428 e. The van der Waals surface area contributed by atoms with Gasteiger partial charge >= 0.3 is 0 Å². The Labute approximate surface area is 132 Å². The number of halogens is 1. The maximum Gasteiger partial charge on any atom is 0.0428 e. The van der Waals surface area contributed by atoms with Crippen molar-refractivity contribution in [1.82, 2.24) is 5.32 Å². The monoisotopic (exact) mass is 338 g/mol. The molecule has 1 N–H and O–H groups in total. The minimum atomic E-state index is 0.408. The van der Waals surface area contributed by atoms with Crippen molar-refractivity contribution in [2.75, 3.05) is 18.0 Å². The summed E-state index contributed by atoms with van der Waals surface area (Å²) in [6, 6.07) is 7.91. The Balaban J connectivity index is 2.28. The summed E-state index contributed by atoms with van der Waals surface area (Å²) in [6.45, 7) is 8.90. The van der Waals surface area contributed by atoms with Gasteiger partial charge in [0.05, 0.1) is 0 Å². The van der Waals surface area contributed by atoms with Crippen molar-refractivity contribution >= 4 is 21.6 Å². The van der Waals surface area contributed by atoms with Crippen LogP contribution in [0.15, 0.2) is 22.7 Å². The van der Waals surface area contributed by atoms with E-state index in [2.05, 4.69) is 65.1 Å². The van der Waals surface area contributed by atoms with Gasteiger partial charge in [-0.15, -0.1) is 0 Å². The Morgan fingerprint density at radius 1 is 1.35 bits per heavy atom. The fourth-order valence-corrected chi connectivity index (χ4v) is 3.11. The minimum absolute atomic E-state index is 0.408. The summed E-state index contributed by atoms with van der Waals surface area (Å²) in [4.78, 5) is 2.64. The van der Waals surface area contributed by atoms with Crippen LogP contribution in [-0.2, 0) is 0 Å². The molecule has 0 heterocycles. The van der Waals surface area contributed by atoms with Crippen molar-refractivity contribution in [3.05, 3.63) is 28.2 Å². The van der Waals surface area contributed by atoms with Gasteiger partial charge in [-0.1, -0.05) is 42.3 Å². The Hall–Kier alpha value is -0.540. The van der Waals surface area contributed by atoms with Crippen LogP contribution in [-0.4, -0.2) is 19.1 Å². The van der Waals surface area contributed by atoms with Gasteiger partial charge in [0.2, 0.25) is 0 Å². The average molecular weight is 339 g/mol. The molecule has 1 aliphatic carbocycles. The molecule has 1 aliphatic rings. The second-order valence-electron chi connectivity index (χ2n) is 5.76. The number of rotatable bonds is 8. The van der Waals surface area contributed by atoms with Gasteiger partial charge in [0, 0.05) is 28.8 Å². The molecule has 0 saturated heterocycles. The van der Waals surface area contributed by atoms with E-state index in [0.717, 1.165) is 12.6 Å². The van der Waals surface area contributed by atoms with Gasteiger partial charge < -0.3 is 10.2 Å². The lowest BCUT2D eigenvalue weighted by Gasteiger charge is -2.29. The Morgan fingerprint density at radius 2 is 2.10 bits per heavy atom. The summed E-state index contributed by atoms with van der Waals surface area (Å²) in [6.07, 6.45) is 5.24. The molecular weight excluding hydrogens is 312 g/mol. The quantitative estimate of drug-likeness (QED) is 0.725. The van der Waals surface area contributed by atoms with Gasteiger partial charge in [-0.25, -0.2) is 0 Å². The van der Waals surface area contributed by atoms with Crippen LogP contribution in [0.5, 0.6) is 0 Å². The lowest BCUT2D eigenvalue weighted by Crippen LogP contribution is -2.29. The van der Waals surface area contributed by atoms with E-state index >= 15 is 0 Å². The van der Waals surface area contributed by atoms with Gasteiger partial charge in [0.1, 0.15) is 0 Å². The number of nitrogens with zero attached hydrogens (tertiary/aromatic N) is 1. The van der Waals surface area contributed by atoms with E-state index in [4.69, 9.17) is 0 Å². The minimum Gasteiger partial charge on any atom is -0.368 e. The molecule has 1 fully saturated rings. The Kier molecular flexibility index (Phi) is 5.91. The molecule has 20 heavy (non-hydrogen) atoms. The molecule has 1 atom stereocenters. The average Bonchev–Trinajstić information content (AvgIpc) is 3.24. The number of hydrogen-bond acceptors (Lipinski definition) is 2. The van der Waals surface area contributed by atoms with E-state index in [1.54, 1.807) is 0 Å². The maximum absolute atomic E-state index is 3.64. The van der Waals surface area contributed by atoms with Crippen molar-refractivity contribution in [2.24, 2.45) is 0 Å². The zero-order valence-corrected chi connectivity index (χ0v) is 14.5. The number of nitrogens with one attached hydrogen (secondary N) is 1. The molecule has 2 rings (SSSR count). The summed E-state index contributed by atoms with van der Waals surface area (Å²) < 4.78 is 1.18. The molecule has 0 aromatic heterocycles. The number of anilines is 1. The lowest BCUT2D eigenvalue weighted by molar-refractivity contribution is 0.593. The molecule has 0 radical (unpaired) electrons. The summed E-state index contributed by atoms with van der Waals surface area (Å²) in [5.74, 6) is 0. The van der Waals surface area contributed by atoms with Crippen molar-refractivity contribution in [1.29, 1.82) is 0 Å². The van der Waals surface area contributed by atoms with E-state index in [9.17, 15) is 0 Å². The highest BCUT2D eigenvalue weighted by atomic mass is 79.9. The Bertz CT molecular complexity index is 429. The zero-order chi connectivity index (χ0) is 14.5. The molecule has 112 valence electrons. The SMILES string of the molecule is CCCCN(c1cc(Br)ccc1C(C)NCC)C1CC1. The number of unbranched alkanes of at least 4 members (excludes halogenated alkanes) is 1. The third kappa shape index (κ3) is 3.98. The molecule has 0 bridgehead atoms. The molecule has 0 amide bonds. The molecule has 0 aliphatic heterocycles. The largest absolute Gasteiger partial charge is 0.368 e. The summed E-state index contributed by atoms with van der Waals surface area (Å²) in [7, 11) is 0. The van der Waals surface area contributed by atoms with Gasteiger partial charge in [0.25, 0.3) is 0 Å². The second-order valence-corrected chi connectivity index (χ2v) is 6.68. The highest BCUT2D eigenvalue weighted by Crippen LogP contribution is 2.37. The zero-order valence-electron chi connectivity index (χ0n) is 13.0. The third-order valence-electron chi connectivity index (χ3n) is 4.02. The van der Waals surface area contributed by atoms with E-state index < -0.39 is 0 Å². The van der Waals surface area contributed by atoms with Crippen LogP contribution in [0.3, 0.4) is 0 Å².